The van der Waals surface area contributed by atoms with E-state index in [-0.39, 0.29) is 18.2 Å². The summed E-state index contributed by atoms with van der Waals surface area (Å²) in [6.07, 6.45) is -0.896. The highest BCUT2D eigenvalue weighted by molar-refractivity contribution is 5.94. The molecule has 25 heavy (non-hydrogen) atoms. The first kappa shape index (κ1) is 18.4. The molecule has 0 radical (unpaired) electrons. The smallest absolute Gasteiger partial charge is 0.261 e. The summed E-state index contributed by atoms with van der Waals surface area (Å²) in [7, 11) is 1.54. The Labute approximate surface area is 144 Å². The third-order valence-electron chi connectivity index (χ3n) is 3.46. The van der Waals surface area contributed by atoms with Crippen LogP contribution in [0.4, 0.5) is 8.78 Å². The number of amides is 2. The molecular formula is C18H18F2N2O3. The summed E-state index contributed by atoms with van der Waals surface area (Å²) in [6.45, 7) is 1.70. The van der Waals surface area contributed by atoms with Crippen molar-refractivity contribution in [3.63, 3.8) is 0 Å². The lowest BCUT2D eigenvalue weighted by Gasteiger charge is -2.15. The van der Waals surface area contributed by atoms with E-state index in [9.17, 15) is 18.4 Å². The molecule has 2 rings (SSSR count). The van der Waals surface area contributed by atoms with Crippen LogP contribution in [0.3, 0.4) is 0 Å². The summed E-state index contributed by atoms with van der Waals surface area (Å²) in [5.74, 6) is -2.61. The van der Waals surface area contributed by atoms with Crippen molar-refractivity contribution in [3.05, 3.63) is 65.2 Å². The summed E-state index contributed by atoms with van der Waals surface area (Å²) in [4.78, 5) is 23.7. The number of carbonyl (C=O) groups excluding carboxylic acids is 2. The van der Waals surface area contributed by atoms with Gasteiger partial charge in [-0.1, -0.05) is 12.1 Å². The first-order valence-electron chi connectivity index (χ1n) is 7.61. The van der Waals surface area contributed by atoms with Crippen LogP contribution in [0, 0.1) is 11.6 Å². The van der Waals surface area contributed by atoms with Crippen molar-refractivity contribution < 1.29 is 23.1 Å². The van der Waals surface area contributed by atoms with Crippen LogP contribution in [0.2, 0.25) is 0 Å². The van der Waals surface area contributed by atoms with Crippen molar-refractivity contribution in [3.8, 4) is 5.75 Å². The number of nitrogens with one attached hydrogen (secondary N) is 2. The topological polar surface area (TPSA) is 67.4 Å². The molecule has 132 valence electrons. The van der Waals surface area contributed by atoms with Crippen LogP contribution in [-0.4, -0.2) is 25.0 Å². The Morgan fingerprint density at radius 1 is 1.12 bits per heavy atom. The number of benzene rings is 2. The monoisotopic (exact) mass is 348 g/mol. The lowest BCUT2D eigenvalue weighted by atomic mass is 10.1. The molecule has 2 aromatic rings. The molecule has 0 bridgehead atoms. The van der Waals surface area contributed by atoms with E-state index in [2.05, 4.69) is 10.6 Å². The highest BCUT2D eigenvalue weighted by atomic mass is 19.2. The number of rotatable bonds is 6. The van der Waals surface area contributed by atoms with Crippen LogP contribution in [0.5, 0.6) is 5.75 Å². The standard InChI is InChI=1S/C18H18F2N2O3/c1-11(25-14-6-7-15(19)16(20)9-14)17(23)22-10-12-4-3-5-13(8-12)18(24)21-2/h3-9,11H,10H2,1-2H3,(H,21,24)(H,22,23). The summed E-state index contributed by atoms with van der Waals surface area (Å²) in [6, 6.07) is 9.88. The summed E-state index contributed by atoms with van der Waals surface area (Å²) >= 11 is 0. The Bertz CT molecular complexity index is 781. The molecule has 0 aliphatic heterocycles. The highest BCUT2D eigenvalue weighted by Gasteiger charge is 2.15. The largest absolute Gasteiger partial charge is 0.481 e. The van der Waals surface area contributed by atoms with Crippen LogP contribution in [-0.2, 0) is 11.3 Å². The van der Waals surface area contributed by atoms with Gasteiger partial charge in [0.25, 0.3) is 11.8 Å². The molecule has 2 N–H and O–H groups in total. The molecule has 1 unspecified atom stereocenters. The third kappa shape index (κ3) is 5.00. The van der Waals surface area contributed by atoms with Gasteiger partial charge in [-0.3, -0.25) is 9.59 Å². The first-order valence-corrected chi connectivity index (χ1v) is 7.61. The molecule has 0 fully saturated rings. The minimum absolute atomic E-state index is 0.0585. The van der Waals surface area contributed by atoms with E-state index in [0.717, 1.165) is 17.7 Å². The van der Waals surface area contributed by atoms with Gasteiger partial charge < -0.3 is 15.4 Å². The fourth-order valence-corrected chi connectivity index (χ4v) is 2.11. The van der Waals surface area contributed by atoms with Gasteiger partial charge in [0, 0.05) is 25.2 Å². The lowest BCUT2D eigenvalue weighted by Crippen LogP contribution is -2.36. The van der Waals surface area contributed by atoms with Gasteiger partial charge in [0.2, 0.25) is 0 Å². The predicted molar refractivity (Wildman–Crippen MR) is 88.1 cm³/mol. The highest BCUT2D eigenvalue weighted by Crippen LogP contribution is 2.16. The lowest BCUT2D eigenvalue weighted by molar-refractivity contribution is -0.127. The van der Waals surface area contributed by atoms with Crippen LogP contribution < -0.4 is 15.4 Å². The number of hydrogen-bond donors (Lipinski definition) is 2. The molecular weight excluding hydrogens is 330 g/mol. The number of halogens is 2. The van der Waals surface area contributed by atoms with Gasteiger partial charge in [0.05, 0.1) is 0 Å². The quantitative estimate of drug-likeness (QED) is 0.842. The van der Waals surface area contributed by atoms with Gasteiger partial charge in [-0.15, -0.1) is 0 Å². The molecule has 2 aromatic carbocycles. The summed E-state index contributed by atoms with van der Waals surface area (Å²) < 4.78 is 31.3. The summed E-state index contributed by atoms with van der Waals surface area (Å²) in [5, 5.41) is 5.19. The van der Waals surface area contributed by atoms with Crippen LogP contribution in [0.15, 0.2) is 42.5 Å². The van der Waals surface area contributed by atoms with Crippen molar-refractivity contribution in [2.45, 2.75) is 19.6 Å². The second kappa shape index (κ2) is 8.23. The van der Waals surface area contributed by atoms with Gasteiger partial charge >= 0.3 is 0 Å². The molecule has 0 heterocycles. The first-order chi connectivity index (χ1) is 11.9. The third-order valence-corrected chi connectivity index (χ3v) is 3.46. The maximum Gasteiger partial charge on any atom is 0.261 e. The molecule has 0 saturated carbocycles. The SMILES string of the molecule is CNC(=O)c1cccc(CNC(=O)C(C)Oc2ccc(F)c(F)c2)c1. The molecule has 1 atom stereocenters. The van der Waals surface area contributed by atoms with Gasteiger partial charge in [0.15, 0.2) is 17.7 Å². The molecule has 0 aromatic heterocycles. The van der Waals surface area contributed by atoms with Crippen molar-refractivity contribution in [2.24, 2.45) is 0 Å². The number of carbonyl (C=O) groups is 2. The maximum atomic E-state index is 13.1. The van der Waals surface area contributed by atoms with Crippen molar-refractivity contribution in [1.29, 1.82) is 0 Å². The van der Waals surface area contributed by atoms with Crippen LogP contribution in [0.1, 0.15) is 22.8 Å². The Hall–Kier alpha value is -2.96. The molecule has 2 amide bonds. The molecule has 0 saturated heterocycles. The second-order valence-corrected chi connectivity index (χ2v) is 5.33. The minimum Gasteiger partial charge on any atom is -0.481 e. The normalized spacial score (nSPS) is 11.5. The number of ether oxygens (including phenoxy) is 1. The van der Waals surface area contributed by atoms with E-state index in [1.807, 2.05) is 0 Å². The van der Waals surface area contributed by atoms with Crippen LogP contribution >= 0.6 is 0 Å². The number of hydrogen-bond acceptors (Lipinski definition) is 3. The average Bonchev–Trinajstić information content (AvgIpc) is 2.62. The molecule has 0 aliphatic rings. The second-order valence-electron chi connectivity index (χ2n) is 5.33. The summed E-state index contributed by atoms with van der Waals surface area (Å²) in [5.41, 5.74) is 1.23. The predicted octanol–water partition coefficient (Wildman–Crippen LogP) is 2.41. The van der Waals surface area contributed by atoms with Crippen molar-refractivity contribution >= 4 is 11.8 Å². The molecule has 0 spiro atoms. The fraction of sp³-hybridized carbons (Fsp3) is 0.222. The Morgan fingerprint density at radius 2 is 1.88 bits per heavy atom. The zero-order chi connectivity index (χ0) is 18.4. The average molecular weight is 348 g/mol. The Morgan fingerprint density at radius 3 is 2.56 bits per heavy atom. The van der Waals surface area contributed by atoms with Gasteiger partial charge in [-0.2, -0.15) is 0 Å². The zero-order valence-electron chi connectivity index (χ0n) is 13.8. The van der Waals surface area contributed by atoms with Gasteiger partial charge in [0.1, 0.15) is 5.75 Å². The van der Waals surface area contributed by atoms with Gasteiger partial charge in [-0.05, 0) is 36.8 Å². The molecule has 7 heteroatoms. The maximum absolute atomic E-state index is 13.1. The van der Waals surface area contributed by atoms with E-state index in [4.69, 9.17) is 4.74 Å². The van der Waals surface area contributed by atoms with E-state index in [0.29, 0.717) is 5.56 Å². The Balaban J connectivity index is 1.93. The van der Waals surface area contributed by atoms with Crippen molar-refractivity contribution in [2.75, 3.05) is 7.05 Å². The van der Waals surface area contributed by atoms with E-state index in [1.165, 1.54) is 20.0 Å². The zero-order valence-corrected chi connectivity index (χ0v) is 13.8. The fourth-order valence-electron chi connectivity index (χ4n) is 2.11. The van der Waals surface area contributed by atoms with Crippen LogP contribution in [0.25, 0.3) is 0 Å². The van der Waals surface area contributed by atoms with Crippen molar-refractivity contribution in [1.82, 2.24) is 10.6 Å². The molecule has 0 aliphatic carbocycles. The van der Waals surface area contributed by atoms with E-state index in [1.54, 1.807) is 24.3 Å². The minimum atomic E-state index is -1.05. The molecule has 5 nitrogen and oxygen atoms in total. The van der Waals surface area contributed by atoms with E-state index < -0.39 is 23.6 Å². The Kier molecular flexibility index (Phi) is 6.05. The van der Waals surface area contributed by atoms with E-state index >= 15 is 0 Å². The van der Waals surface area contributed by atoms with Gasteiger partial charge in [-0.25, -0.2) is 8.78 Å².